The molecule has 0 amide bonds. The van der Waals surface area contributed by atoms with Crippen molar-refractivity contribution in [1.82, 2.24) is 14.7 Å². The number of hydrogen-bond donors (Lipinski definition) is 1. The van der Waals surface area contributed by atoms with Crippen LogP contribution in [0.15, 0.2) is 24.3 Å². The number of benzene rings is 1. The van der Waals surface area contributed by atoms with E-state index in [0.717, 1.165) is 31.7 Å². The minimum absolute atomic E-state index is 0.244. The number of fused-ring (bicyclic) bond motifs is 1. The molecule has 1 N–H and O–H groups in total. The Bertz CT molecular complexity index is 592. The average Bonchev–Trinajstić information content (AvgIpc) is 3.01. The number of aromatic nitrogens is 2. The van der Waals surface area contributed by atoms with E-state index in [1.807, 2.05) is 0 Å². The smallest absolute Gasteiger partial charge is 0.0843 e. The lowest BCUT2D eigenvalue weighted by molar-refractivity contribution is 0.133. The molecule has 2 unspecified atom stereocenters. The Balaban J connectivity index is 1.91. The van der Waals surface area contributed by atoms with Gasteiger partial charge in [0.05, 0.1) is 17.8 Å². The predicted molar refractivity (Wildman–Crippen MR) is 80.5 cm³/mol. The van der Waals surface area contributed by atoms with E-state index in [-0.39, 0.29) is 12.6 Å². The minimum atomic E-state index is 0.244. The first-order chi connectivity index (χ1) is 9.74. The molecular formula is C16H23N3O. The van der Waals surface area contributed by atoms with E-state index >= 15 is 0 Å². The maximum Gasteiger partial charge on any atom is 0.0843 e. The third-order valence-corrected chi connectivity index (χ3v) is 4.57. The lowest BCUT2D eigenvalue weighted by Gasteiger charge is -2.24. The van der Waals surface area contributed by atoms with Crippen LogP contribution in [-0.2, 0) is 13.1 Å². The standard InChI is InChI=1S/C16H23N3O/c1-3-19-15-7-5-4-6-13(15)14(17-19)10-18-9-8-12(2)16(18)11-20/h4-7,12,16,20H,3,8-11H2,1-2H3. The summed E-state index contributed by atoms with van der Waals surface area (Å²) in [5, 5.41) is 15.6. The van der Waals surface area contributed by atoms with Gasteiger partial charge in [0.15, 0.2) is 0 Å². The second kappa shape index (κ2) is 5.54. The summed E-state index contributed by atoms with van der Waals surface area (Å²) in [6.07, 6.45) is 1.16. The van der Waals surface area contributed by atoms with Crippen molar-refractivity contribution in [2.24, 2.45) is 5.92 Å². The van der Waals surface area contributed by atoms with Crippen molar-refractivity contribution in [3.63, 3.8) is 0 Å². The SMILES string of the molecule is CCn1nc(CN2CCC(C)C2CO)c2ccccc21. The van der Waals surface area contributed by atoms with Gasteiger partial charge in [-0.05, 0) is 31.9 Å². The number of rotatable bonds is 4. The van der Waals surface area contributed by atoms with Crippen LogP contribution < -0.4 is 0 Å². The second-order valence-corrected chi connectivity index (χ2v) is 5.77. The minimum Gasteiger partial charge on any atom is -0.395 e. The van der Waals surface area contributed by atoms with Crippen LogP contribution in [0.25, 0.3) is 10.9 Å². The summed E-state index contributed by atoms with van der Waals surface area (Å²) in [6, 6.07) is 8.70. The van der Waals surface area contributed by atoms with E-state index in [4.69, 9.17) is 5.10 Å². The molecule has 2 heterocycles. The molecule has 0 radical (unpaired) electrons. The topological polar surface area (TPSA) is 41.3 Å². The first-order valence-corrected chi connectivity index (χ1v) is 7.54. The number of aryl methyl sites for hydroxylation is 1. The molecule has 1 aromatic heterocycles. The van der Waals surface area contributed by atoms with Crippen LogP contribution in [0.3, 0.4) is 0 Å². The molecule has 1 saturated heterocycles. The van der Waals surface area contributed by atoms with Crippen molar-refractivity contribution in [1.29, 1.82) is 0 Å². The highest BCUT2D eigenvalue weighted by atomic mass is 16.3. The first kappa shape index (κ1) is 13.6. The molecule has 0 bridgehead atoms. The number of nitrogens with zero attached hydrogens (tertiary/aromatic N) is 3. The third kappa shape index (κ3) is 2.23. The highest BCUT2D eigenvalue weighted by Crippen LogP contribution is 2.27. The van der Waals surface area contributed by atoms with Gasteiger partial charge in [-0.2, -0.15) is 5.10 Å². The van der Waals surface area contributed by atoms with Gasteiger partial charge in [-0.15, -0.1) is 0 Å². The largest absolute Gasteiger partial charge is 0.395 e. The third-order valence-electron chi connectivity index (χ3n) is 4.57. The maximum atomic E-state index is 9.58. The molecule has 1 aromatic carbocycles. The van der Waals surface area contributed by atoms with Gasteiger partial charge in [-0.1, -0.05) is 25.1 Å². The maximum absolute atomic E-state index is 9.58. The van der Waals surface area contributed by atoms with Gasteiger partial charge in [0.1, 0.15) is 0 Å². The molecule has 20 heavy (non-hydrogen) atoms. The van der Waals surface area contributed by atoms with E-state index < -0.39 is 0 Å². The lowest BCUT2D eigenvalue weighted by Crippen LogP contribution is -2.34. The quantitative estimate of drug-likeness (QED) is 0.929. The molecule has 0 spiro atoms. The molecule has 1 aliphatic rings. The molecule has 2 atom stereocenters. The fourth-order valence-corrected chi connectivity index (χ4v) is 3.33. The van der Waals surface area contributed by atoms with Gasteiger partial charge in [0, 0.05) is 24.5 Å². The molecule has 4 heteroatoms. The summed E-state index contributed by atoms with van der Waals surface area (Å²) in [5.74, 6) is 0.569. The van der Waals surface area contributed by atoms with Gasteiger partial charge in [-0.3, -0.25) is 9.58 Å². The number of likely N-dealkylation sites (tertiary alicyclic amines) is 1. The van der Waals surface area contributed by atoms with E-state index in [1.165, 1.54) is 10.9 Å². The van der Waals surface area contributed by atoms with E-state index in [2.05, 4.69) is 47.7 Å². The molecule has 2 aromatic rings. The normalized spacial score (nSPS) is 23.8. The van der Waals surface area contributed by atoms with Crippen molar-refractivity contribution >= 4 is 10.9 Å². The van der Waals surface area contributed by atoms with E-state index in [9.17, 15) is 5.11 Å². The summed E-state index contributed by atoms with van der Waals surface area (Å²) in [4.78, 5) is 2.37. The van der Waals surface area contributed by atoms with Crippen LogP contribution in [-0.4, -0.2) is 39.0 Å². The lowest BCUT2D eigenvalue weighted by atomic mass is 10.0. The Hall–Kier alpha value is -1.39. The first-order valence-electron chi connectivity index (χ1n) is 7.54. The van der Waals surface area contributed by atoms with E-state index in [1.54, 1.807) is 0 Å². The van der Waals surface area contributed by atoms with Crippen LogP contribution in [0.1, 0.15) is 26.0 Å². The number of aliphatic hydroxyl groups excluding tert-OH is 1. The number of para-hydroxylation sites is 1. The second-order valence-electron chi connectivity index (χ2n) is 5.77. The molecule has 3 rings (SSSR count). The summed E-state index contributed by atoms with van der Waals surface area (Å²) < 4.78 is 2.07. The number of hydrogen-bond acceptors (Lipinski definition) is 3. The highest BCUT2D eigenvalue weighted by molar-refractivity contribution is 5.81. The van der Waals surface area contributed by atoms with Gasteiger partial charge in [0.25, 0.3) is 0 Å². The van der Waals surface area contributed by atoms with Crippen LogP contribution in [0.2, 0.25) is 0 Å². The summed E-state index contributed by atoms with van der Waals surface area (Å²) in [5.41, 5.74) is 2.34. The van der Waals surface area contributed by atoms with Crippen LogP contribution in [0, 0.1) is 5.92 Å². The van der Waals surface area contributed by atoms with Crippen molar-refractivity contribution in [2.75, 3.05) is 13.2 Å². The summed E-state index contributed by atoms with van der Waals surface area (Å²) in [7, 11) is 0. The molecule has 0 saturated carbocycles. The van der Waals surface area contributed by atoms with Gasteiger partial charge in [0.2, 0.25) is 0 Å². The van der Waals surface area contributed by atoms with Crippen molar-refractivity contribution in [2.45, 2.75) is 39.4 Å². The zero-order valence-electron chi connectivity index (χ0n) is 12.3. The van der Waals surface area contributed by atoms with Gasteiger partial charge < -0.3 is 5.11 Å². The van der Waals surface area contributed by atoms with Crippen molar-refractivity contribution < 1.29 is 5.11 Å². The fraction of sp³-hybridized carbons (Fsp3) is 0.562. The summed E-state index contributed by atoms with van der Waals surface area (Å²) in [6.45, 7) is 7.37. The molecular weight excluding hydrogens is 250 g/mol. The highest BCUT2D eigenvalue weighted by Gasteiger charge is 2.31. The zero-order chi connectivity index (χ0) is 14.1. The Morgan fingerprint density at radius 1 is 1.35 bits per heavy atom. The Kier molecular flexibility index (Phi) is 3.76. The zero-order valence-corrected chi connectivity index (χ0v) is 12.3. The molecule has 0 aliphatic carbocycles. The fourth-order valence-electron chi connectivity index (χ4n) is 3.33. The molecule has 1 fully saturated rings. The monoisotopic (exact) mass is 273 g/mol. The Morgan fingerprint density at radius 2 is 2.15 bits per heavy atom. The predicted octanol–water partition coefficient (Wildman–Crippen LogP) is 2.26. The average molecular weight is 273 g/mol. The molecule has 1 aliphatic heterocycles. The van der Waals surface area contributed by atoms with E-state index in [0.29, 0.717) is 5.92 Å². The van der Waals surface area contributed by atoms with Crippen LogP contribution in [0.5, 0.6) is 0 Å². The Labute approximate surface area is 120 Å². The van der Waals surface area contributed by atoms with Crippen LogP contribution in [0.4, 0.5) is 0 Å². The Morgan fingerprint density at radius 3 is 2.90 bits per heavy atom. The number of aliphatic hydroxyl groups is 1. The molecule has 4 nitrogen and oxygen atoms in total. The van der Waals surface area contributed by atoms with Crippen LogP contribution >= 0.6 is 0 Å². The van der Waals surface area contributed by atoms with Crippen molar-refractivity contribution in [3.8, 4) is 0 Å². The van der Waals surface area contributed by atoms with Gasteiger partial charge in [-0.25, -0.2) is 0 Å². The van der Waals surface area contributed by atoms with Crippen molar-refractivity contribution in [3.05, 3.63) is 30.0 Å². The molecule has 108 valence electrons. The summed E-state index contributed by atoms with van der Waals surface area (Å²) >= 11 is 0. The van der Waals surface area contributed by atoms with Gasteiger partial charge >= 0.3 is 0 Å².